The number of ether oxygens (including phenoxy) is 2. The minimum Gasteiger partial charge on any atom is -0.493 e. The number of hydrogen-bond acceptors (Lipinski definition) is 3. The van der Waals surface area contributed by atoms with E-state index in [-0.39, 0.29) is 0 Å². The molecular weight excluding hydrogens is 333 g/mol. The summed E-state index contributed by atoms with van der Waals surface area (Å²) >= 11 is 18.0. The predicted molar refractivity (Wildman–Crippen MR) is 88.3 cm³/mol. The smallest absolute Gasteiger partial charge is 0.165 e. The Morgan fingerprint density at radius 1 is 0.952 bits per heavy atom. The number of rotatable bonds is 5. The molecule has 0 aliphatic carbocycles. The molecule has 0 unspecified atom stereocenters. The van der Waals surface area contributed by atoms with Gasteiger partial charge in [0.25, 0.3) is 0 Å². The molecule has 0 radical (unpaired) electrons. The first-order valence-electron chi connectivity index (χ1n) is 6.15. The highest BCUT2D eigenvalue weighted by Gasteiger charge is 2.11. The van der Waals surface area contributed by atoms with Crippen molar-refractivity contribution in [3.05, 3.63) is 51.0 Å². The fourth-order valence-electron chi connectivity index (χ4n) is 1.94. The van der Waals surface area contributed by atoms with E-state index in [4.69, 9.17) is 44.3 Å². The zero-order chi connectivity index (χ0) is 15.4. The Hall–Kier alpha value is -1.29. The van der Waals surface area contributed by atoms with Crippen LogP contribution in [0.4, 0.5) is 5.69 Å². The molecule has 0 amide bonds. The van der Waals surface area contributed by atoms with Gasteiger partial charge in [0.2, 0.25) is 0 Å². The largest absolute Gasteiger partial charge is 0.493 e. The number of nitrogens with one attached hydrogen (secondary N) is 1. The third-order valence-corrected chi connectivity index (χ3v) is 4.00. The number of anilines is 1. The lowest BCUT2D eigenvalue weighted by Gasteiger charge is -2.14. The predicted octanol–water partition coefficient (Wildman–Crippen LogP) is 5.28. The molecule has 0 heterocycles. The molecule has 0 fully saturated rings. The second-order valence-corrected chi connectivity index (χ2v) is 5.47. The summed E-state index contributed by atoms with van der Waals surface area (Å²) in [5.41, 5.74) is 1.65. The summed E-state index contributed by atoms with van der Waals surface area (Å²) in [6.45, 7) is 0.512. The molecule has 0 atom stereocenters. The summed E-state index contributed by atoms with van der Waals surface area (Å²) in [5, 5.41) is 4.59. The average Bonchev–Trinajstić information content (AvgIpc) is 2.49. The molecule has 2 aromatic carbocycles. The van der Waals surface area contributed by atoms with Gasteiger partial charge in [0.05, 0.1) is 35.0 Å². The highest BCUT2D eigenvalue weighted by Crippen LogP contribution is 2.34. The van der Waals surface area contributed by atoms with Gasteiger partial charge in [-0.2, -0.15) is 0 Å². The maximum atomic E-state index is 6.14. The molecule has 0 spiro atoms. The van der Waals surface area contributed by atoms with E-state index in [1.54, 1.807) is 26.4 Å². The summed E-state index contributed by atoms with van der Waals surface area (Å²) in [6.07, 6.45) is 0. The fourth-order valence-corrected chi connectivity index (χ4v) is 2.56. The zero-order valence-electron chi connectivity index (χ0n) is 11.5. The summed E-state index contributed by atoms with van der Waals surface area (Å²) in [5.74, 6) is 1.36. The van der Waals surface area contributed by atoms with Gasteiger partial charge < -0.3 is 14.8 Å². The van der Waals surface area contributed by atoms with Gasteiger partial charge in [-0.15, -0.1) is 0 Å². The molecule has 1 N–H and O–H groups in total. The van der Waals surface area contributed by atoms with Crippen LogP contribution in [0.3, 0.4) is 0 Å². The Bertz CT molecular complexity index is 647. The molecule has 0 bridgehead atoms. The van der Waals surface area contributed by atoms with E-state index in [0.717, 1.165) is 5.56 Å². The van der Waals surface area contributed by atoms with Crippen LogP contribution in [0, 0.1) is 0 Å². The lowest BCUT2D eigenvalue weighted by atomic mass is 10.1. The molecule has 0 aliphatic rings. The molecule has 2 aromatic rings. The standard InChI is InChI=1S/C15H14Cl3NO2/c1-20-14-5-3-4-9(15(14)21-2)8-19-13-7-11(17)10(16)6-12(13)18/h3-7,19H,8H2,1-2H3. The van der Waals surface area contributed by atoms with Crippen molar-refractivity contribution in [2.24, 2.45) is 0 Å². The summed E-state index contributed by atoms with van der Waals surface area (Å²) in [4.78, 5) is 0. The van der Waals surface area contributed by atoms with Gasteiger partial charge in [-0.05, 0) is 18.2 Å². The highest BCUT2D eigenvalue weighted by molar-refractivity contribution is 6.44. The SMILES string of the molecule is COc1cccc(CNc2cc(Cl)c(Cl)cc2Cl)c1OC. The highest BCUT2D eigenvalue weighted by atomic mass is 35.5. The van der Waals surface area contributed by atoms with Gasteiger partial charge in [-0.25, -0.2) is 0 Å². The van der Waals surface area contributed by atoms with Gasteiger partial charge in [-0.3, -0.25) is 0 Å². The molecule has 2 rings (SSSR count). The van der Waals surface area contributed by atoms with E-state index in [1.165, 1.54) is 0 Å². The molecule has 0 aromatic heterocycles. The topological polar surface area (TPSA) is 30.5 Å². The van der Waals surface area contributed by atoms with Crippen molar-refractivity contribution in [2.45, 2.75) is 6.54 Å². The second-order valence-electron chi connectivity index (χ2n) is 4.25. The fraction of sp³-hybridized carbons (Fsp3) is 0.200. The van der Waals surface area contributed by atoms with Crippen LogP contribution in [0.2, 0.25) is 15.1 Å². The third-order valence-electron chi connectivity index (χ3n) is 2.96. The van der Waals surface area contributed by atoms with Crippen LogP contribution in [0.25, 0.3) is 0 Å². The zero-order valence-corrected chi connectivity index (χ0v) is 13.8. The first-order valence-corrected chi connectivity index (χ1v) is 7.28. The summed E-state index contributed by atoms with van der Waals surface area (Å²) < 4.78 is 10.7. The van der Waals surface area contributed by atoms with Gasteiger partial charge in [-0.1, -0.05) is 46.9 Å². The molecule has 6 heteroatoms. The van der Waals surface area contributed by atoms with Gasteiger partial charge in [0.1, 0.15) is 0 Å². The Kier molecular flexibility index (Phi) is 5.45. The maximum Gasteiger partial charge on any atom is 0.165 e. The van der Waals surface area contributed by atoms with Crippen LogP contribution in [0.15, 0.2) is 30.3 Å². The van der Waals surface area contributed by atoms with E-state index in [0.29, 0.717) is 38.8 Å². The van der Waals surface area contributed by atoms with Crippen LogP contribution in [-0.2, 0) is 6.54 Å². The van der Waals surface area contributed by atoms with Crippen LogP contribution >= 0.6 is 34.8 Å². The number of hydrogen-bond donors (Lipinski definition) is 1. The minimum absolute atomic E-state index is 0.422. The molecule has 0 saturated carbocycles. The van der Waals surface area contributed by atoms with Crippen molar-refractivity contribution in [3.8, 4) is 11.5 Å². The third kappa shape index (κ3) is 3.67. The number of para-hydroxylation sites is 1. The first kappa shape index (κ1) is 16.1. The Labute approximate surface area is 138 Å². The van der Waals surface area contributed by atoms with E-state index >= 15 is 0 Å². The van der Waals surface area contributed by atoms with Crippen LogP contribution < -0.4 is 14.8 Å². The van der Waals surface area contributed by atoms with Crippen molar-refractivity contribution in [3.63, 3.8) is 0 Å². The van der Waals surface area contributed by atoms with Crippen molar-refractivity contribution in [1.29, 1.82) is 0 Å². The Morgan fingerprint density at radius 2 is 1.67 bits per heavy atom. The van der Waals surface area contributed by atoms with Crippen molar-refractivity contribution in [2.75, 3.05) is 19.5 Å². The number of halogens is 3. The molecular formula is C15H14Cl3NO2. The van der Waals surface area contributed by atoms with Gasteiger partial charge >= 0.3 is 0 Å². The van der Waals surface area contributed by atoms with E-state index in [1.807, 2.05) is 18.2 Å². The molecule has 0 saturated heterocycles. The van der Waals surface area contributed by atoms with E-state index in [2.05, 4.69) is 5.32 Å². The Morgan fingerprint density at radius 3 is 2.33 bits per heavy atom. The molecule has 3 nitrogen and oxygen atoms in total. The molecule has 0 aliphatic heterocycles. The van der Waals surface area contributed by atoms with Crippen LogP contribution in [-0.4, -0.2) is 14.2 Å². The lowest BCUT2D eigenvalue weighted by molar-refractivity contribution is 0.352. The minimum atomic E-state index is 0.422. The second kappa shape index (κ2) is 7.12. The Balaban J connectivity index is 2.22. The number of methoxy groups -OCH3 is 2. The summed E-state index contributed by atoms with van der Waals surface area (Å²) in [6, 6.07) is 8.98. The van der Waals surface area contributed by atoms with Crippen molar-refractivity contribution < 1.29 is 9.47 Å². The monoisotopic (exact) mass is 345 g/mol. The van der Waals surface area contributed by atoms with E-state index in [9.17, 15) is 0 Å². The first-order chi connectivity index (χ1) is 10.1. The molecule has 112 valence electrons. The quantitative estimate of drug-likeness (QED) is 0.747. The number of benzene rings is 2. The maximum absolute atomic E-state index is 6.14. The van der Waals surface area contributed by atoms with E-state index < -0.39 is 0 Å². The normalized spacial score (nSPS) is 10.3. The van der Waals surface area contributed by atoms with Crippen molar-refractivity contribution >= 4 is 40.5 Å². The average molecular weight is 347 g/mol. The summed E-state index contributed by atoms with van der Waals surface area (Å²) in [7, 11) is 3.21. The van der Waals surface area contributed by atoms with Crippen LogP contribution in [0.1, 0.15) is 5.56 Å². The lowest BCUT2D eigenvalue weighted by Crippen LogP contribution is -2.03. The van der Waals surface area contributed by atoms with Crippen molar-refractivity contribution in [1.82, 2.24) is 0 Å². The van der Waals surface area contributed by atoms with Gasteiger partial charge in [0.15, 0.2) is 11.5 Å². The molecule has 21 heavy (non-hydrogen) atoms. The van der Waals surface area contributed by atoms with Crippen LogP contribution in [0.5, 0.6) is 11.5 Å². The van der Waals surface area contributed by atoms with Gasteiger partial charge in [0, 0.05) is 12.1 Å².